The third-order valence-electron chi connectivity index (χ3n) is 4.07. The lowest BCUT2D eigenvalue weighted by atomic mass is 9.87. The molecule has 0 amide bonds. The average Bonchev–Trinajstić information content (AvgIpc) is 2.33. The van der Waals surface area contributed by atoms with E-state index in [1.165, 1.54) is 0 Å². The minimum atomic E-state index is -0.639. The molecular formula is C12H27B2O4-. The van der Waals surface area contributed by atoms with Crippen LogP contribution >= 0.6 is 0 Å². The predicted molar refractivity (Wildman–Crippen MR) is 76.3 cm³/mol. The molecule has 0 N–H and O–H groups in total. The van der Waals surface area contributed by atoms with Gasteiger partial charge in [0.15, 0.2) is 0 Å². The molecule has 1 heterocycles. The van der Waals surface area contributed by atoms with E-state index in [9.17, 15) is 0 Å². The lowest BCUT2D eigenvalue weighted by molar-refractivity contribution is -0.0939. The van der Waals surface area contributed by atoms with Gasteiger partial charge in [0.2, 0.25) is 0 Å². The Morgan fingerprint density at radius 2 is 1.28 bits per heavy atom. The van der Waals surface area contributed by atoms with Gasteiger partial charge in [-0.05, 0) is 55.4 Å². The van der Waals surface area contributed by atoms with Crippen LogP contribution in [0.3, 0.4) is 0 Å². The SMILES string of the molecule is [BH3-]OC(C)(C)C(C)(C)OB1OC(C)(C)C(C)(C)O1. The molecule has 0 unspecified atom stereocenters. The molecule has 0 atom stereocenters. The van der Waals surface area contributed by atoms with Crippen LogP contribution in [0.5, 0.6) is 0 Å². The van der Waals surface area contributed by atoms with Crippen LogP contribution < -0.4 is 0 Å². The molecule has 1 fully saturated rings. The summed E-state index contributed by atoms with van der Waals surface area (Å²) >= 11 is 0. The molecule has 0 aliphatic carbocycles. The smallest absolute Gasteiger partial charge is 0.593 e. The Kier molecular flexibility index (Phi) is 4.02. The second-order valence-electron chi connectivity index (χ2n) is 6.68. The molecule has 0 saturated carbocycles. The maximum Gasteiger partial charge on any atom is 0.640 e. The number of rotatable bonds is 4. The molecule has 0 radical (unpaired) electrons. The van der Waals surface area contributed by atoms with Crippen molar-refractivity contribution in [3.8, 4) is 0 Å². The minimum absolute atomic E-state index is 0.142. The Morgan fingerprint density at radius 1 is 0.889 bits per heavy atom. The van der Waals surface area contributed by atoms with Crippen molar-refractivity contribution in [2.24, 2.45) is 0 Å². The lowest BCUT2D eigenvalue weighted by Gasteiger charge is -2.44. The predicted octanol–water partition coefficient (Wildman–Crippen LogP) is 1.45. The molecule has 6 heteroatoms. The number of hydrogen-bond acceptors (Lipinski definition) is 4. The fraction of sp³-hybridized carbons (Fsp3) is 1.00. The van der Waals surface area contributed by atoms with Crippen molar-refractivity contribution >= 4 is 15.4 Å². The van der Waals surface area contributed by atoms with Gasteiger partial charge in [-0.15, -0.1) is 0 Å². The third-order valence-corrected chi connectivity index (χ3v) is 4.07. The van der Waals surface area contributed by atoms with E-state index in [1.54, 1.807) is 0 Å². The van der Waals surface area contributed by atoms with Crippen molar-refractivity contribution in [3.05, 3.63) is 0 Å². The van der Waals surface area contributed by atoms with Gasteiger partial charge < -0.3 is 18.6 Å². The first-order valence-electron chi connectivity index (χ1n) is 6.02. The van der Waals surface area contributed by atoms with Gasteiger partial charge in [-0.3, -0.25) is 0 Å². The summed E-state index contributed by atoms with van der Waals surface area (Å²) in [7, 11) is -0.781. The quantitative estimate of drug-likeness (QED) is 0.714. The highest BCUT2D eigenvalue weighted by atomic mass is 16.8. The van der Waals surface area contributed by atoms with Crippen LogP contribution in [-0.4, -0.2) is 37.8 Å². The fourth-order valence-corrected chi connectivity index (χ4v) is 1.22. The van der Waals surface area contributed by atoms with Crippen LogP contribution in [-0.2, 0) is 18.6 Å². The van der Waals surface area contributed by atoms with Gasteiger partial charge in [0, 0.05) is 5.60 Å². The van der Waals surface area contributed by atoms with Crippen molar-refractivity contribution in [2.75, 3.05) is 0 Å². The van der Waals surface area contributed by atoms with E-state index >= 15 is 0 Å². The summed E-state index contributed by atoms with van der Waals surface area (Å²) in [4.78, 5) is 0. The Morgan fingerprint density at radius 3 is 1.61 bits per heavy atom. The average molecular weight is 257 g/mol. The van der Waals surface area contributed by atoms with Gasteiger partial charge in [-0.25, -0.2) is 0 Å². The summed E-state index contributed by atoms with van der Waals surface area (Å²) in [5, 5.41) is 0. The Labute approximate surface area is 112 Å². The summed E-state index contributed by atoms with van der Waals surface area (Å²) in [6.45, 7) is 16.2. The first-order chi connectivity index (χ1) is 7.85. The van der Waals surface area contributed by atoms with Crippen LogP contribution in [0, 0.1) is 0 Å². The van der Waals surface area contributed by atoms with Crippen LogP contribution in [0.15, 0.2) is 0 Å². The normalized spacial score (nSPS) is 23.5. The largest absolute Gasteiger partial charge is 0.640 e. The molecule has 106 valence electrons. The first-order valence-corrected chi connectivity index (χ1v) is 6.02. The van der Waals surface area contributed by atoms with Crippen LogP contribution in [0.1, 0.15) is 55.4 Å². The maximum absolute atomic E-state index is 6.00. The Hall–Kier alpha value is -0.0301. The zero-order chi connectivity index (χ0) is 14.4. The van der Waals surface area contributed by atoms with Crippen molar-refractivity contribution in [2.45, 2.75) is 77.8 Å². The summed E-state index contributed by atoms with van der Waals surface area (Å²) in [6.07, 6.45) is 0. The molecule has 0 aromatic carbocycles. The zero-order valence-corrected chi connectivity index (χ0v) is 12.2. The van der Waals surface area contributed by atoms with Gasteiger partial charge in [0.25, 0.3) is 0 Å². The second kappa shape index (κ2) is 4.51. The third kappa shape index (κ3) is 2.77. The summed E-state index contributed by atoms with van der Waals surface area (Å²) in [5.41, 5.74) is -1.52. The van der Waals surface area contributed by atoms with Gasteiger partial charge in [-0.1, -0.05) is 0 Å². The minimum Gasteiger partial charge on any atom is -0.593 e. The van der Waals surface area contributed by atoms with Gasteiger partial charge in [0.1, 0.15) is 0 Å². The van der Waals surface area contributed by atoms with E-state index in [0.29, 0.717) is 0 Å². The van der Waals surface area contributed by atoms with Gasteiger partial charge in [-0.2, -0.15) is 0 Å². The van der Waals surface area contributed by atoms with Crippen LogP contribution in [0.25, 0.3) is 0 Å². The monoisotopic (exact) mass is 257 g/mol. The van der Waals surface area contributed by atoms with Crippen LogP contribution in [0.4, 0.5) is 0 Å². The van der Waals surface area contributed by atoms with Crippen molar-refractivity contribution in [1.29, 1.82) is 0 Å². The molecule has 1 aliphatic rings. The van der Waals surface area contributed by atoms with E-state index in [1.807, 2.05) is 55.4 Å². The molecule has 1 saturated heterocycles. The molecule has 0 aromatic rings. The molecule has 0 bridgehead atoms. The maximum atomic E-state index is 6.00. The molecule has 4 nitrogen and oxygen atoms in total. The topological polar surface area (TPSA) is 36.9 Å². The van der Waals surface area contributed by atoms with E-state index in [4.69, 9.17) is 18.6 Å². The zero-order valence-electron chi connectivity index (χ0n) is 12.2. The highest BCUT2D eigenvalue weighted by Crippen LogP contribution is 2.39. The molecule has 0 spiro atoms. The first kappa shape index (κ1) is 16.0. The van der Waals surface area contributed by atoms with Gasteiger partial charge in [0.05, 0.1) is 24.9 Å². The molecule has 0 aromatic heterocycles. The highest BCUT2D eigenvalue weighted by molar-refractivity contribution is 6.37. The van der Waals surface area contributed by atoms with E-state index in [2.05, 4.69) is 0 Å². The summed E-state index contributed by atoms with van der Waals surface area (Å²) in [5.74, 6) is 0. The van der Waals surface area contributed by atoms with Crippen molar-refractivity contribution in [1.82, 2.24) is 0 Å². The van der Waals surface area contributed by atoms with E-state index < -0.39 is 12.9 Å². The molecule has 1 rings (SSSR count). The summed E-state index contributed by atoms with van der Waals surface area (Å²) < 4.78 is 23.4. The summed E-state index contributed by atoms with van der Waals surface area (Å²) in [6, 6.07) is 0. The van der Waals surface area contributed by atoms with Gasteiger partial charge >= 0.3 is 7.32 Å². The standard InChI is InChI=1S/C12H27B2O4/c1-9(2,15-13)10(3,4)16-14-17-11(5,6)12(7,8)18-14/h1-8,13H3/q-1. The molecular weight excluding hydrogens is 230 g/mol. The fourth-order valence-electron chi connectivity index (χ4n) is 1.22. The van der Waals surface area contributed by atoms with E-state index in [-0.39, 0.29) is 24.9 Å². The Bertz CT molecular complexity index is 297. The molecule has 18 heavy (non-hydrogen) atoms. The molecule has 1 aliphatic heterocycles. The number of hydrogen-bond donors (Lipinski definition) is 0. The van der Waals surface area contributed by atoms with E-state index in [0.717, 1.165) is 0 Å². The van der Waals surface area contributed by atoms with Crippen molar-refractivity contribution in [3.63, 3.8) is 0 Å². The second-order valence-corrected chi connectivity index (χ2v) is 6.68. The van der Waals surface area contributed by atoms with Crippen molar-refractivity contribution < 1.29 is 18.6 Å². The van der Waals surface area contributed by atoms with Crippen LogP contribution in [0.2, 0.25) is 0 Å². The highest BCUT2D eigenvalue weighted by Gasteiger charge is 2.55. The lowest BCUT2D eigenvalue weighted by Crippen LogP contribution is -2.52. The Balaban J connectivity index is 2.77.